The molecule has 0 bridgehead atoms. The van der Waals surface area contributed by atoms with Crippen molar-refractivity contribution in [3.8, 4) is 22.6 Å². The van der Waals surface area contributed by atoms with Crippen molar-refractivity contribution in [2.45, 2.75) is 6.42 Å². The molecule has 0 atom stereocenters. The second kappa shape index (κ2) is 8.81. The number of carbonyl (C=O) groups excluding carboxylic acids is 2. The summed E-state index contributed by atoms with van der Waals surface area (Å²) in [6.07, 6.45) is 2.59. The Labute approximate surface area is 192 Å². The van der Waals surface area contributed by atoms with Gasteiger partial charge in [-0.25, -0.2) is 13.2 Å². The molecular formula is C25H19F3N2O4. The maximum Gasteiger partial charge on any atom is 0.256 e. The van der Waals surface area contributed by atoms with Crippen molar-refractivity contribution >= 4 is 11.7 Å². The SMILES string of the molecule is O=C1COc2cc(F)c(C(=O)N3CC(COc4ccc(-c5ccncc5F)cc4F)C3)cc2C1. The van der Waals surface area contributed by atoms with Crippen molar-refractivity contribution < 1.29 is 32.2 Å². The van der Waals surface area contributed by atoms with Crippen LogP contribution in [0.1, 0.15) is 15.9 Å². The van der Waals surface area contributed by atoms with Gasteiger partial charge in [0.15, 0.2) is 17.3 Å². The summed E-state index contributed by atoms with van der Waals surface area (Å²) in [5.41, 5.74) is 0.983. The number of aromatic nitrogens is 1. The molecule has 0 unspecified atom stereocenters. The number of ether oxygens (including phenoxy) is 2. The van der Waals surface area contributed by atoms with Gasteiger partial charge in [-0.2, -0.15) is 0 Å². The number of pyridine rings is 1. The van der Waals surface area contributed by atoms with Gasteiger partial charge < -0.3 is 14.4 Å². The maximum absolute atomic E-state index is 14.5. The molecule has 9 heteroatoms. The average molecular weight is 468 g/mol. The van der Waals surface area contributed by atoms with E-state index in [1.165, 1.54) is 35.4 Å². The Hall–Kier alpha value is -3.88. The van der Waals surface area contributed by atoms with Crippen LogP contribution in [0.4, 0.5) is 13.2 Å². The number of ketones is 1. The summed E-state index contributed by atoms with van der Waals surface area (Å²) < 4.78 is 53.5. The number of carbonyl (C=O) groups is 2. The number of nitrogens with zero attached hydrogens (tertiary/aromatic N) is 2. The normalized spacial score (nSPS) is 15.4. The molecule has 3 aromatic rings. The zero-order valence-corrected chi connectivity index (χ0v) is 17.9. The quantitative estimate of drug-likeness (QED) is 0.570. The number of halogens is 3. The van der Waals surface area contributed by atoms with Gasteiger partial charge in [0.05, 0.1) is 18.4 Å². The third-order valence-electron chi connectivity index (χ3n) is 5.89. The van der Waals surface area contributed by atoms with Crippen LogP contribution in [0.5, 0.6) is 11.5 Å². The molecule has 0 radical (unpaired) electrons. The van der Waals surface area contributed by atoms with Crippen LogP contribution in [0, 0.1) is 23.4 Å². The van der Waals surface area contributed by atoms with Crippen molar-refractivity contribution in [1.29, 1.82) is 0 Å². The van der Waals surface area contributed by atoms with Gasteiger partial charge in [-0.1, -0.05) is 6.07 Å². The maximum atomic E-state index is 14.5. The van der Waals surface area contributed by atoms with E-state index in [2.05, 4.69) is 4.98 Å². The lowest BCUT2D eigenvalue weighted by molar-refractivity contribution is -0.121. The fourth-order valence-electron chi connectivity index (χ4n) is 4.07. The first-order valence-corrected chi connectivity index (χ1v) is 10.7. The number of hydrogen-bond acceptors (Lipinski definition) is 5. The Balaban J connectivity index is 1.18. The minimum absolute atomic E-state index is 0.0217. The fourth-order valence-corrected chi connectivity index (χ4v) is 4.07. The molecule has 1 saturated heterocycles. The minimum Gasteiger partial charge on any atom is -0.490 e. The molecule has 34 heavy (non-hydrogen) atoms. The van der Waals surface area contributed by atoms with E-state index in [4.69, 9.17) is 9.47 Å². The van der Waals surface area contributed by atoms with Gasteiger partial charge in [0.1, 0.15) is 24.0 Å². The van der Waals surface area contributed by atoms with E-state index < -0.39 is 23.4 Å². The number of fused-ring (bicyclic) bond motifs is 1. The number of hydrogen-bond donors (Lipinski definition) is 0. The van der Waals surface area contributed by atoms with E-state index in [9.17, 15) is 22.8 Å². The number of amides is 1. The Morgan fingerprint density at radius 1 is 1.09 bits per heavy atom. The van der Waals surface area contributed by atoms with Crippen molar-refractivity contribution in [2.75, 3.05) is 26.3 Å². The molecule has 2 aliphatic rings. The lowest BCUT2D eigenvalue weighted by atomic mass is 9.97. The van der Waals surface area contributed by atoms with Gasteiger partial charge >= 0.3 is 0 Å². The first-order valence-electron chi connectivity index (χ1n) is 10.7. The zero-order chi connectivity index (χ0) is 23.8. The largest absolute Gasteiger partial charge is 0.490 e. The van der Waals surface area contributed by atoms with Crippen molar-refractivity contribution in [2.24, 2.45) is 5.92 Å². The van der Waals surface area contributed by atoms with Gasteiger partial charge in [0.25, 0.3) is 5.91 Å². The summed E-state index contributed by atoms with van der Waals surface area (Å²) >= 11 is 0. The second-order valence-electron chi connectivity index (χ2n) is 8.33. The highest BCUT2D eigenvalue weighted by molar-refractivity contribution is 5.96. The van der Waals surface area contributed by atoms with Gasteiger partial charge in [0, 0.05) is 48.8 Å². The molecule has 0 N–H and O–H groups in total. The highest BCUT2D eigenvalue weighted by atomic mass is 19.1. The molecule has 1 amide bonds. The van der Waals surface area contributed by atoms with Crippen LogP contribution in [0.25, 0.3) is 11.1 Å². The first-order chi connectivity index (χ1) is 16.4. The van der Waals surface area contributed by atoms with Crippen LogP contribution in [0.3, 0.4) is 0 Å². The van der Waals surface area contributed by atoms with Gasteiger partial charge in [-0.3, -0.25) is 14.6 Å². The molecule has 5 rings (SSSR count). The van der Waals surface area contributed by atoms with Gasteiger partial charge in [0.2, 0.25) is 0 Å². The Morgan fingerprint density at radius 2 is 1.91 bits per heavy atom. The highest BCUT2D eigenvalue weighted by Crippen LogP contribution is 2.30. The van der Waals surface area contributed by atoms with Crippen LogP contribution in [0.2, 0.25) is 0 Å². The van der Waals surface area contributed by atoms with Crippen LogP contribution in [0.15, 0.2) is 48.8 Å². The number of Topliss-reactive ketones (excluding diaryl/α,β-unsaturated/α-hetero) is 1. The average Bonchev–Trinajstić information content (AvgIpc) is 2.79. The topological polar surface area (TPSA) is 68.7 Å². The number of rotatable bonds is 5. The predicted octanol–water partition coefficient (Wildman–Crippen LogP) is 3.82. The van der Waals surface area contributed by atoms with Crippen LogP contribution < -0.4 is 9.47 Å². The third-order valence-corrected chi connectivity index (χ3v) is 5.89. The summed E-state index contributed by atoms with van der Waals surface area (Å²) in [7, 11) is 0. The third kappa shape index (κ3) is 4.21. The van der Waals surface area contributed by atoms with Gasteiger partial charge in [-0.05, 0) is 29.8 Å². The molecule has 3 heterocycles. The summed E-state index contributed by atoms with van der Waals surface area (Å²) in [5.74, 6) is -2.25. The second-order valence-corrected chi connectivity index (χ2v) is 8.33. The minimum atomic E-state index is -0.703. The zero-order valence-electron chi connectivity index (χ0n) is 17.9. The predicted molar refractivity (Wildman–Crippen MR) is 115 cm³/mol. The Kier molecular flexibility index (Phi) is 5.69. The molecule has 2 aliphatic heterocycles. The summed E-state index contributed by atoms with van der Waals surface area (Å²) in [4.78, 5) is 29.4. The first kappa shape index (κ1) is 21.9. The fraction of sp³-hybridized carbons (Fsp3) is 0.240. The smallest absolute Gasteiger partial charge is 0.256 e. The molecule has 1 fully saturated rings. The van der Waals surface area contributed by atoms with E-state index in [1.807, 2.05) is 0 Å². The highest BCUT2D eigenvalue weighted by Gasteiger charge is 2.34. The summed E-state index contributed by atoms with van der Waals surface area (Å²) in [5, 5.41) is 0. The van der Waals surface area contributed by atoms with Crippen LogP contribution in [-0.2, 0) is 11.2 Å². The standard InChI is InChI=1S/C25H19F3N2O4/c26-20-8-24-16(5-17(31)13-34-24)6-19(20)25(32)30-10-14(11-30)12-33-23-2-1-15(7-21(23)27)18-3-4-29-9-22(18)28/h1-4,6-9,14H,5,10-13H2. The number of likely N-dealkylation sites (tertiary alicyclic amines) is 1. The lowest BCUT2D eigenvalue weighted by Crippen LogP contribution is -2.52. The summed E-state index contributed by atoms with van der Waals surface area (Å²) in [6.45, 7) is 0.718. The Morgan fingerprint density at radius 3 is 2.68 bits per heavy atom. The van der Waals surface area contributed by atoms with E-state index in [0.29, 0.717) is 24.2 Å². The lowest BCUT2D eigenvalue weighted by Gasteiger charge is -2.39. The van der Waals surface area contributed by atoms with Crippen molar-refractivity contribution in [3.63, 3.8) is 0 Å². The van der Waals surface area contributed by atoms with E-state index in [0.717, 1.165) is 12.3 Å². The molecule has 0 saturated carbocycles. The molecule has 0 spiro atoms. The van der Waals surface area contributed by atoms with Crippen molar-refractivity contribution in [1.82, 2.24) is 9.88 Å². The summed E-state index contributed by atoms with van der Waals surface area (Å²) in [6, 6.07) is 8.15. The Bertz CT molecular complexity index is 1290. The molecular weight excluding hydrogens is 449 g/mol. The van der Waals surface area contributed by atoms with E-state index in [-0.39, 0.29) is 54.0 Å². The number of benzene rings is 2. The van der Waals surface area contributed by atoms with E-state index >= 15 is 0 Å². The molecule has 6 nitrogen and oxygen atoms in total. The van der Waals surface area contributed by atoms with E-state index in [1.54, 1.807) is 6.07 Å². The van der Waals surface area contributed by atoms with Crippen molar-refractivity contribution in [3.05, 3.63) is 77.4 Å². The monoisotopic (exact) mass is 468 g/mol. The van der Waals surface area contributed by atoms with Gasteiger partial charge in [-0.15, -0.1) is 0 Å². The molecule has 0 aliphatic carbocycles. The van der Waals surface area contributed by atoms with Crippen LogP contribution in [-0.4, -0.2) is 47.9 Å². The molecule has 174 valence electrons. The molecule has 1 aromatic heterocycles. The molecule has 2 aromatic carbocycles. The van der Waals surface area contributed by atoms with Crippen LogP contribution >= 0.6 is 0 Å².